The lowest BCUT2D eigenvalue weighted by atomic mass is 10.1. The summed E-state index contributed by atoms with van der Waals surface area (Å²) < 4.78 is 0. The molecule has 2 heterocycles. The Morgan fingerprint density at radius 1 is 1.38 bits per heavy atom. The van der Waals surface area contributed by atoms with E-state index in [1.165, 1.54) is 9.88 Å². The van der Waals surface area contributed by atoms with Gasteiger partial charge in [-0.2, -0.15) is 0 Å². The quantitative estimate of drug-likeness (QED) is 0.840. The molecule has 0 atom stereocenters. The van der Waals surface area contributed by atoms with E-state index in [4.69, 9.17) is 5.73 Å². The number of nitrogens with two attached hydrogens (primary N) is 1. The van der Waals surface area contributed by atoms with Gasteiger partial charge in [-0.25, -0.2) is 0 Å². The molecule has 1 aliphatic rings. The maximum Gasteiger partial charge on any atom is 0.0911 e. The summed E-state index contributed by atoms with van der Waals surface area (Å²) in [5.41, 5.74) is 5.51. The van der Waals surface area contributed by atoms with Crippen LogP contribution in [0.2, 0.25) is 0 Å². The van der Waals surface area contributed by atoms with Crippen molar-refractivity contribution in [2.24, 2.45) is 5.73 Å². The highest BCUT2D eigenvalue weighted by atomic mass is 32.1. The minimum Gasteiger partial charge on any atom is -0.393 e. The molecule has 0 unspecified atom stereocenters. The molecule has 16 heavy (non-hydrogen) atoms. The number of hydrogen-bond donors (Lipinski definition) is 2. The molecule has 0 bridgehead atoms. The molecule has 90 valence electrons. The second-order valence-electron chi connectivity index (χ2n) is 4.35. The van der Waals surface area contributed by atoms with Crippen molar-refractivity contribution in [3.05, 3.63) is 17.0 Å². The van der Waals surface area contributed by atoms with Crippen molar-refractivity contribution in [3.63, 3.8) is 0 Å². The van der Waals surface area contributed by atoms with Gasteiger partial charge in [-0.15, -0.1) is 11.3 Å². The second-order valence-corrected chi connectivity index (χ2v) is 5.50. The first kappa shape index (κ1) is 11.9. The Hall–Kier alpha value is -0.580. The Morgan fingerprint density at radius 3 is 2.81 bits per heavy atom. The smallest absolute Gasteiger partial charge is 0.0911 e. The molecule has 0 aliphatic carbocycles. The molecule has 1 saturated heterocycles. The lowest BCUT2D eigenvalue weighted by molar-refractivity contribution is 0.145. The molecule has 0 aromatic carbocycles. The van der Waals surface area contributed by atoms with Crippen LogP contribution in [0.4, 0.5) is 5.00 Å². The maximum atomic E-state index is 9.46. The van der Waals surface area contributed by atoms with Gasteiger partial charge in [0.2, 0.25) is 0 Å². The number of rotatable bonds is 4. The summed E-state index contributed by atoms with van der Waals surface area (Å²) >= 11 is 1.87. The number of aryl methyl sites for hydroxylation is 1. The third-order valence-electron chi connectivity index (χ3n) is 3.05. The minimum atomic E-state index is -0.0899. The van der Waals surface area contributed by atoms with E-state index in [0.29, 0.717) is 0 Å². The molecule has 2 rings (SSSR count). The van der Waals surface area contributed by atoms with Crippen molar-refractivity contribution >= 4 is 16.3 Å². The van der Waals surface area contributed by atoms with Crippen molar-refractivity contribution < 1.29 is 5.11 Å². The van der Waals surface area contributed by atoms with Crippen LogP contribution >= 0.6 is 11.3 Å². The highest BCUT2D eigenvalue weighted by Crippen LogP contribution is 2.29. The fraction of sp³-hybridized carbons (Fsp3) is 0.667. The van der Waals surface area contributed by atoms with Crippen molar-refractivity contribution in [1.29, 1.82) is 0 Å². The lowest BCUT2D eigenvalue weighted by Gasteiger charge is -2.30. The highest BCUT2D eigenvalue weighted by Gasteiger charge is 2.18. The van der Waals surface area contributed by atoms with Gasteiger partial charge in [-0.3, -0.25) is 0 Å². The topological polar surface area (TPSA) is 49.5 Å². The monoisotopic (exact) mass is 240 g/mol. The van der Waals surface area contributed by atoms with Gasteiger partial charge in [0.25, 0.3) is 0 Å². The lowest BCUT2D eigenvalue weighted by Crippen LogP contribution is -2.35. The largest absolute Gasteiger partial charge is 0.393 e. The first-order valence-corrected chi connectivity index (χ1v) is 6.83. The standard InChI is InChI=1S/C12H20N2OS/c13-7-1-2-11-3-4-12(16-11)14-8-5-10(15)6-9-14/h3-4,10,15H,1-2,5-9,13H2. The number of piperidine rings is 1. The van der Waals surface area contributed by atoms with Crippen molar-refractivity contribution in [1.82, 2.24) is 0 Å². The van der Waals surface area contributed by atoms with Gasteiger partial charge in [0.15, 0.2) is 0 Å². The van der Waals surface area contributed by atoms with Gasteiger partial charge in [0.05, 0.1) is 11.1 Å². The molecule has 3 nitrogen and oxygen atoms in total. The number of hydrogen-bond acceptors (Lipinski definition) is 4. The summed E-state index contributed by atoms with van der Waals surface area (Å²) in [6.07, 6.45) is 3.87. The Bertz CT molecular complexity index is 319. The zero-order chi connectivity index (χ0) is 11.4. The van der Waals surface area contributed by atoms with Crippen LogP contribution in [-0.4, -0.2) is 30.8 Å². The van der Waals surface area contributed by atoms with Crippen LogP contribution in [0.3, 0.4) is 0 Å². The number of aliphatic hydroxyl groups is 1. The average Bonchev–Trinajstić information content (AvgIpc) is 2.76. The van der Waals surface area contributed by atoms with Crippen molar-refractivity contribution in [3.8, 4) is 0 Å². The van der Waals surface area contributed by atoms with Crippen LogP contribution in [0.15, 0.2) is 12.1 Å². The van der Waals surface area contributed by atoms with Gasteiger partial charge in [0, 0.05) is 18.0 Å². The molecular formula is C12H20N2OS. The fourth-order valence-electron chi connectivity index (χ4n) is 2.03. The molecule has 0 saturated carbocycles. The maximum absolute atomic E-state index is 9.46. The summed E-state index contributed by atoms with van der Waals surface area (Å²) in [5.74, 6) is 0. The summed E-state index contributed by atoms with van der Waals surface area (Å²) in [7, 11) is 0. The fourth-order valence-corrected chi connectivity index (χ4v) is 3.13. The van der Waals surface area contributed by atoms with E-state index < -0.39 is 0 Å². The number of nitrogens with zero attached hydrogens (tertiary/aromatic N) is 1. The Labute approximate surface area is 101 Å². The molecule has 0 amide bonds. The summed E-state index contributed by atoms with van der Waals surface area (Å²) in [6.45, 7) is 2.74. The molecule has 0 radical (unpaired) electrons. The second kappa shape index (κ2) is 5.66. The third-order valence-corrected chi connectivity index (χ3v) is 4.26. The van der Waals surface area contributed by atoms with Crippen LogP contribution in [0.5, 0.6) is 0 Å². The molecule has 1 fully saturated rings. The van der Waals surface area contributed by atoms with E-state index in [1.807, 2.05) is 11.3 Å². The van der Waals surface area contributed by atoms with E-state index in [2.05, 4.69) is 17.0 Å². The molecule has 1 aliphatic heterocycles. The van der Waals surface area contributed by atoms with Crippen molar-refractivity contribution in [2.75, 3.05) is 24.5 Å². The molecule has 1 aromatic heterocycles. The zero-order valence-corrected chi connectivity index (χ0v) is 10.4. The molecular weight excluding hydrogens is 220 g/mol. The summed E-state index contributed by atoms with van der Waals surface area (Å²) in [4.78, 5) is 3.80. The number of thiophene rings is 1. The SMILES string of the molecule is NCCCc1ccc(N2CCC(O)CC2)s1. The van der Waals surface area contributed by atoms with E-state index in [9.17, 15) is 5.11 Å². The van der Waals surface area contributed by atoms with E-state index >= 15 is 0 Å². The van der Waals surface area contributed by atoms with Crippen LogP contribution < -0.4 is 10.6 Å². The zero-order valence-electron chi connectivity index (χ0n) is 9.56. The Morgan fingerprint density at radius 2 is 2.12 bits per heavy atom. The van der Waals surface area contributed by atoms with E-state index in [1.54, 1.807) is 0 Å². The van der Waals surface area contributed by atoms with Crippen LogP contribution in [0, 0.1) is 0 Å². The first-order valence-electron chi connectivity index (χ1n) is 6.01. The number of aliphatic hydroxyl groups excluding tert-OH is 1. The minimum absolute atomic E-state index is 0.0899. The molecule has 0 spiro atoms. The van der Waals surface area contributed by atoms with Gasteiger partial charge in [0.1, 0.15) is 0 Å². The van der Waals surface area contributed by atoms with Crippen LogP contribution in [0.1, 0.15) is 24.1 Å². The van der Waals surface area contributed by atoms with Gasteiger partial charge >= 0.3 is 0 Å². The van der Waals surface area contributed by atoms with Gasteiger partial charge < -0.3 is 15.7 Å². The third kappa shape index (κ3) is 2.97. The van der Waals surface area contributed by atoms with Crippen LogP contribution in [0.25, 0.3) is 0 Å². The predicted molar refractivity (Wildman–Crippen MR) is 69.1 cm³/mol. The summed E-state index contributed by atoms with van der Waals surface area (Å²) in [6, 6.07) is 4.41. The predicted octanol–water partition coefficient (Wildman–Crippen LogP) is 1.60. The first-order chi connectivity index (χ1) is 7.79. The van der Waals surface area contributed by atoms with Gasteiger partial charge in [-0.1, -0.05) is 0 Å². The van der Waals surface area contributed by atoms with Crippen LogP contribution in [-0.2, 0) is 6.42 Å². The normalized spacial score (nSPS) is 18.0. The Kier molecular flexibility index (Phi) is 4.21. The Balaban J connectivity index is 1.91. The summed E-state index contributed by atoms with van der Waals surface area (Å²) in [5, 5.41) is 10.8. The van der Waals surface area contributed by atoms with E-state index in [-0.39, 0.29) is 6.10 Å². The van der Waals surface area contributed by atoms with Crippen molar-refractivity contribution in [2.45, 2.75) is 31.8 Å². The molecule has 4 heteroatoms. The molecule has 3 N–H and O–H groups in total. The average molecular weight is 240 g/mol. The molecule has 1 aromatic rings. The van der Waals surface area contributed by atoms with E-state index in [0.717, 1.165) is 45.3 Å². The van der Waals surface area contributed by atoms with Gasteiger partial charge in [-0.05, 0) is 44.4 Å². The number of anilines is 1. The highest BCUT2D eigenvalue weighted by molar-refractivity contribution is 7.16.